The maximum absolute atomic E-state index is 13.2. The molecule has 6 heteroatoms. The predicted octanol–water partition coefficient (Wildman–Crippen LogP) is 3.29. The molecule has 1 heterocycles. The summed E-state index contributed by atoms with van der Waals surface area (Å²) in [5.74, 6) is -2.84. The van der Waals surface area contributed by atoms with Crippen molar-refractivity contribution in [3.8, 4) is 5.75 Å². The molecule has 0 fully saturated rings. The summed E-state index contributed by atoms with van der Waals surface area (Å²) in [7, 11) is 0. The molecule has 3 nitrogen and oxygen atoms in total. The lowest BCUT2D eigenvalue weighted by Gasteiger charge is -2.11. The number of halogens is 2. The number of thiazole rings is 1. The van der Waals surface area contributed by atoms with Crippen molar-refractivity contribution in [1.82, 2.24) is 10.3 Å². The van der Waals surface area contributed by atoms with E-state index in [4.69, 9.17) is 5.11 Å². The Bertz CT molecular complexity index is 563. The van der Waals surface area contributed by atoms with Crippen LogP contribution in [-0.4, -0.2) is 10.1 Å². The van der Waals surface area contributed by atoms with Crippen molar-refractivity contribution < 1.29 is 13.9 Å². The molecule has 102 valence electrons. The first kappa shape index (κ1) is 13.9. The van der Waals surface area contributed by atoms with Gasteiger partial charge in [-0.05, 0) is 31.5 Å². The monoisotopic (exact) mass is 284 g/mol. The minimum absolute atomic E-state index is 0.00127. The van der Waals surface area contributed by atoms with Crippen LogP contribution in [0.15, 0.2) is 17.5 Å². The zero-order valence-corrected chi connectivity index (χ0v) is 11.4. The number of aryl methyl sites for hydroxylation is 1. The van der Waals surface area contributed by atoms with E-state index in [1.165, 1.54) is 11.3 Å². The van der Waals surface area contributed by atoms with Gasteiger partial charge in [-0.2, -0.15) is 0 Å². The second kappa shape index (κ2) is 5.63. The topological polar surface area (TPSA) is 45.1 Å². The average Bonchev–Trinajstić information content (AvgIpc) is 2.79. The molecule has 0 saturated heterocycles. The fourth-order valence-electron chi connectivity index (χ4n) is 1.65. The molecule has 2 rings (SSSR count). The molecule has 0 spiro atoms. The Morgan fingerprint density at radius 2 is 2.00 bits per heavy atom. The zero-order valence-electron chi connectivity index (χ0n) is 10.6. The maximum atomic E-state index is 13.2. The summed E-state index contributed by atoms with van der Waals surface area (Å²) in [6.45, 7) is 4.15. The van der Waals surface area contributed by atoms with Gasteiger partial charge in [-0.25, -0.2) is 13.8 Å². The highest BCUT2D eigenvalue weighted by molar-refractivity contribution is 7.09. The van der Waals surface area contributed by atoms with Crippen molar-refractivity contribution in [3.63, 3.8) is 0 Å². The Labute approximate surface area is 113 Å². The molecular formula is C13H14F2N2OS. The third kappa shape index (κ3) is 3.27. The largest absolute Gasteiger partial charge is 0.503 e. The van der Waals surface area contributed by atoms with Gasteiger partial charge in [0.25, 0.3) is 0 Å². The van der Waals surface area contributed by atoms with Crippen LogP contribution in [0.25, 0.3) is 0 Å². The van der Waals surface area contributed by atoms with Crippen LogP contribution in [0.1, 0.15) is 29.2 Å². The number of aromatic nitrogens is 1. The smallest absolute Gasteiger partial charge is 0.187 e. The summed E-state index contributed by atoms with van der Waals surface area (Å²) in [4.78, 5) is 4.34. The third-order valence-electron chi connectivity index (χ3n) is 2.70. The van der Waals surface area contributed by atoms with E-state index in [0.717, 1.165) is 22.8 Å². The normalized spacial score (nSPS) is 12.6. The summed E-state index contributed by atoms with van der Waals surface area (Å²) >= 11 is 1.54. The summed E-state index contributed by atoms with van der Waals surface area (Å²) in [5, 5.41) is 15.0. The van der Waals surface area contributed by atoms with Gasteiger partial charge in [0.1, 0.15) is 5.01 Å². The van der Waals surface area contributed by atoms with Crippen molar-refractivity contribution in [2.45, 2.75) is 26.4 Å². The Kier molecular flexibility index (Phi) is 4.11. The van der Waals surface area contributed by atoms with Gasteiger partial charge in [0, 0.05) is 17.6 Å². The molecule has 0 aliphatic heterocycles. The van der Waals surface area contributed by atoms with Gasteiger partial charge in [0.15, 0.2) is 17.4 Å². The summed E-state index contributed by atoms with van der Waals surface area (Å²) in [5.41, 5.74) is 1.39. The van der Waals surface area contributed by atoms with E-state index in [0.29, 0.717) is 12.1 Å². The number of nitrogens with one attached hydrogen (secondary N) is 1. The highest BCUT2D eigenvalue weighted by Crippen LogP contribution is 2.22. The number of phenolic OH excluding ortho intramolecular Hbond substituents is 1. The minimum atomic E-state index is -0.949. The van der Waals surface area contributed by atoms with Crippen LogP contribution in [0.3, 0.4) is 0 Å². The van der Waals surface area contributed by atoms with Crippen molar-refractivity contribution >= 4 is 11.3 Å². The first-order valence-corrected chi connectivity index (χ1v) is 6.67. The van der Waals surface area contributed by atoms with Crippen LogP contribution in [0.5, 0.6) is 5.75 Å². The van der Waals surface area contributed by atoms with E-state index in [9.17, 15) is 8.78 Å². The molecule has 0 aliphatic carbocycles. The van der Waals surface area contributed by atoms with Gasteiger partial charge in [-0.1, -0.05) is 0 Å². The van der Waals surface area contributed by atoms with E-state index < -0.39 is 17.4 Å². The van der Waals surface area contributed by atoms with Gasteiger partial charge in [0.05, 0.1) is 6.04 Å². The Morgan fingerprint density at radius 1 is 1.37 bits per heavy atom. The van der Waals surface area contributed by atoms with E-state index in [1.807, 2.05) is 19.2 Å². The van der Waals surface area contributed by atoms with E-state index in [-0.39, 0.29) is 6.04 Å². The molecule has 0 aliphatic rings. The van der Waals surface area contributed by atoms with Crippen molar-refractivity contribution in [1.29, 1.82) is 0 Å². The average molecular weight is 284 g/mol. The zero-order chi connectivity index (χ0) is 14.0. The molecule has 2 aromatic rings. The number of aromatic hydroxyl groups is 1. The highest BCUT2D eigenvalue weighted by Gasteiger charge is 2.12. The van der Waals surface area contributed by atoms with Gasteiger partial charge in [-0.3, -0.25) is 0 Å². The standard InChI is InChI=1S/C13H14F2N2OS/c1-7-6-19-13(17-7)8(2)16-5-9-3-10(14)12(18)11(15)4-9/h3-4,6,8,16,18H,5H2,1-2H3. The molecule has 19 heavy (non-hydrogen) atoms. The van der Waals surface area contributed by atoms with Crippen molar-refractivity contribution in [2.24, 2.45) is 0 Å². The molecule has 2 N–H and O–H groups in total. The van der Waals surface area contributed by atoms with Crippen LogP contribution >= 0.6 is 11.3 Å². The number of hydrogen-bond acceptors (Lipinski definition) is 4. The molecule has 0 saturated carbocycles. The number of phenols is 1. The highest BCUT2D eigenvalue weighted by atomic mass is 32.1. The van der Waals surface area contributed by atoms with Crippen molar-refractivity contribution in [2.75, 3.05) is 0 Å². The Balaban J connectivity index is 2.03. The molecule has 0 amide bonds. The molecule has 1 aromatic carbocycles. The quantitative estimate of drug-likeness (QED) is 0.905. The number of hydrogen-bond donors (Lipinski definition) is 2. The van der Waals surface area contributed by atoms with Crippen LogP contribution < -0.4 is 5.32 Å². The van der Waals surface area contributed by atoms with Crippen LogP contribution in [0.2, 0.25) is 0 Å². The lowest BCUT2D eigenvalue weighted by Crippen LogP contribution is -2.18. The third-order valence-corrected chi connectivity index (χ3v) is 3.84. The lowest BCUT2D eigenvalue weighted by atomic mass is 10.2. The number of benzene rings is 1. The van der Waals surface area contributed by atoms with E-state index in [1.54, 1.807) is 0 Å². The van der Waals surface area contributed by atoms with Gasteiger partial charge < -0.3 is 10.4 Å². The number of rotatable bonds is 4. The fourth-order valence-corrected chi connectivity index (χ4v) is 2.48. The van der Waals surface area contributed by atoms with E-state index in [2.05, 4.69) is 10.3 Å². The molecule has 1 aromatic heterocycles. The van der Waals surface area contributed by atoms with E-state index >= 15 is 0 Å². The van der Waals surface area contributed by atoms with Crippen molar-refractivity contribution in [3.05, 3.63) is 45.4 Å². The van der Waals surface area contributed by atoms with Crippen LogP contribution in [0, 0.1) is 18.6 Å². The van der Waals surface area contributed by atoms with Gasteiger partial charge in [-0.15, -0.1) is 11.3 Å². The first-order chi connectivity index (χ1) is 8.97. The minimum Gasteiger partial charge on any atom is -0.503 e. The van der Waals surface area contributed by atoms with Crippen LogP contribution in [0.4, 0.5) is 8.78 Å². The van der Waals surface area contributed by atoms with Gasteiger partial charge >= 0.3 is 0 Å². The Morgan fingerprint density at radius 3 is 2.53 bits per heavy atom. The molecule has 0 bridgehead atoms. The number of nitrogens with zero attached hydrogens (tertiary/aromatic N) is 1. The molecule has 1 atom stereocenters. The second-order valence-electron chi connectivity index (χ2n) is 4.34. The van der Waals surface area contributed by atoms with Crippen LogP contribution in [-0.2, 0) is 6.54 Å². The lowest BCUT2D eigenvalue weighted by molar-refractivity contribution is 0.394. The maximum Gasteiger partial charge on any atom is 0.187 e. The fraction of sp³-hybridized carbons (Fsp3) is 0.308. The summed E-state index contributed by atoms with van der Waals surface area (Å²) in [6.07, 6.45) is 0. The predicted molar refractivity (Wildman–Crippen MR) is 70.1 cm³/mol. The molecule has 1 unspecified atom stereocenters. The molecular weight excluding hydrogens is 270 g/mol. The van der Waals surface area contributed by atoms with Gasteiger partial charge in [0.2, 0.25) is 0 Å². The second-order valence-corrected chi connectivity index (χ2v) is 5.23. The SMILES string of the molecule is Cc1csc(C(C)NCc2cc(F)c(O)c(F)c2)n1. The molecule has 0 radical (unpaired) electrons. The Hall–Kier alpha value is -1.53. The first-order valence-electron chi connectivity index (χ1n) is 5.79. The summed E-state index contributed by atoms with van der Waals surface area (Å²) in [6, 6.07) is 2.23. The summed E-state index contributed by atoms with van der Waals surface area (Å²) < 4.78 is 26.3.